The number of hydrogen-bond acceptors (Lipinski definition) is 4. The predicted molar refractivity (Wildman–Crippen MR) is 128 cm³/mol. The summed E-state index contributed by atoms with van der Waals surface area (Å²) in [5.74, 6) is -0.520. The van der Waals surface area contributed by atoms with E-state index in [1.807, 2.05) is 0 Å². The highest BCUT2D eigenvalue weighted by Gasteiger charge is 2.42. The van der Waals surface area contributed by atoms with E-state index < -0.39 is 0 Å². The summed E-state index contributed by atoms with van der Waals surface area (Å²) < 4.78 is 11.3. The Balaban J connectivity index is 2.50. The van der Waals surface area contributed by atoms with E-state index in [0.29, 0.717) is 19.1 Å². The minimum atomic E-state index is -0.366. The van der Waals surface area contributed by atoms with Crippen molar-refractivity contribution in [1.82, 2.24) is 0 Å². The third-order valence-corrected chi connectivity index (χ3v) is 7.13. The molecule has 1 rings (SSSR count). The van der Waals surface area contributed by atoms with Gasteiger partial charge in [-0.25, -0.2) is 0 Å². The number of carbonyl (C=O) groups is 2. The summed E-state index contributed by atoms with van der Waals surface area (Å²) in [6, 6.07) is 0. The van der Waals surface area contributed by atoms with Crippen LogP contribution in [-0.2, 0) is 19.1 Å². The van der Waals surface area contributed by atoms with E-state index in [9.17, 15) is 9.59 Å². The van der Waals surface area contributed by atoms with Crippen LogP contribution in [0.4, 0.5) is 0 Å². The Hall–Kier alpha value is -1.06. The summed E-state index contributed by atoms with van der Waals surface area (Å²) in [5.41, 5.74) is 0. The first kappa shape index (κ1) is 28.0. The zero-order valence-electron chi connectivity index (χ0n) is 21.0. The van der Waals surface area contributed by atoms with Crippen LogP contribution in [0, 0.1) is 23.7 Å². The van der Waals surface area contributed by atoms with Gasteiger partial charge in [0, 0.05) is 0 Å². The molecule has 0 heterocycles. The first-order valence-corrected chi connectivity index (χ1v) is 13.4. The van der Waals surface area contributed by atoms with Gasteiger partial charge >= 0.3 is 11.9 Å². The number of unbranched alkanes of at least 4 members (excludes halogenated alkanes) is 10. The molecule has 0 radical (unpaired) electrons. The number of carbonyl (C=O) groups excluding carboxylic acids is 2. The molecule has 1 aliphatic carbocycles. The van der Waals surface area contributed by atoms with Crippen molar-refractivity contribution in [2.24, 2.45) is 23.7 Å². The van der Waals surface area contributed by atoms with E-state index in [2.05, 4.69) is 27.7 Å². The van der Waals surface area contributed by atoms with Gasteiger partial charge in [-0.3, -0.25) is 9.59 Å². The molecule has 4 heteroatoms. The Morgan fingerprint density at radius 2 is 1.16 bits per heavy atom. The molecule has 182 valence electrons. The van der Waals surface area contributed by atoms with Crippen LogP contribution in [0.1, 0.15) is 124 Å². The van der Waals surface area contributed by atoms with E-state index in [4.69, 9.17) is 9.47 Å². The molecule has 0 amide bonds. The summed E-state index contributed by atoms with van der Waals surface area (Å²) in [6.07, 6.45) is 16.8. The number of hydrogen-bond donors (Lipinski definition) is 0. The molecule has 0 aromatic heterocycles. The third kappa shape index (κ3) is 11.4. The highest BCUT2D eigenvalue weighted by Crippen LogP contribution is 2.38. The molecule has 0 saturated heterocycles. The Bertz CT molecular complexity index is 476. The van der Waals surface area contributed by atoms with Gasteiger partial charge in [0.2, 0.25) is 0 Å². The van der Waals surface area contributed by atoms with Crippen LogP contribution >= 0.6 is 0 Å². The molecule has 1 fully saturated rings. The van der Waals surface area contributed by atoms with Gasteiger partial charge in [-0.2, -0.15) is 0 Å². The molecular formula is C27H50O4. The molecule has 0 bridgehead atoms. The number of esters is 2. The van der Waals surface area contributed by atoms with Crippen LogP contribution in [0.2, 0.25) is 0 Å². The largest absolute Gasteiger partial charge is 0.465 e. The van der Waals surface area contributed by atoms with E-state index in [-0.39, 0.29) is 29.7 Å². The molecule has 0 aromatic rings. The molecule has 4 nitrogen and oxygen atoms in total. The van der Waals surface area contributed by atoms with Gasteiger partial charge in [0.05, 0.1) is 25.0 Å². The Morgan fingerprint density at radius 1 is 0.677 bits per heavy atom. The van der Waals surface area contributed by atoms with Crippen molar-refractivity contribution in [2.45, 2.75) is 124 Å². The highest BCUT2D eigenvalue weighted by atomic mass is 16.5. The van der Waals surface area contributed by atoms with Crippen LogP contribution in [0.25, 0.3) is 0 Å². The molecule has 4 atom stereocenters. The third-order valence-electron chi connectivity index (χ3n) is 7.13. The minimum Gasteiger partial charge on any atom is -0.465 e. The predicted octanol–water partition coefficient (Wildman–Crippen LogP) is 7.48. The van der Waals surface area contributed by atoms with E-state index in [0.717, 1.165) is 44.9 Å². The maximum Gasteiger partial charge on any atom is 0.310 e. The van der Waals surface area contributed by atoms with Crippen LogP contribution in [-0.4, -0.2) is 25.2 Å². The average molecular weight is 439 g/mol. The second kappa shape index (κ2) is 17.5. The molecule has 31 heavy (non-hydrogen) atoms. The standard InChI is InChI=1S/C27H50O4/c1-5-7-9-11-13-15-20-30-26(28)24-19-17-18-22(3)23(4)25(24)27(29)31-21-16-14-12-10-8-6-2/h22-25H,5-21H2,1-4H3. The molecule has 1 aliphatic rings. The first-order chi connectivity index (χ1) is 15.0. The van der Waals surface area contributed by atoms with Gasteiger partial charge in [0.15, 0.2) is 0 Å². The lowest BCUT2D eigenvalue weighted by Crippen LogP contribution is -2.37. The summed E-state index contributed by atoms with van der Waals surface area (Å²) >= 11 is 0. The second-order valence-corrected chi connectivity index (χ2v) is 9.77. The van der Waals surface area contributed by atoms with Gasteiger partial charge in [0.25, 0.3) is 0 Å². The smallest absolute Gasteiger partial charge is 0.310 e. The van der Waals surface area contributed by atoms with E-state index >= 15 is 0 Å². The molecule has 0 N–H and O–H groups in total. The van der Waals surface area contributed by atoms with Gasteiger partial charge in [-0.15, -0.1) is 0 Å². The van der Waals surface area contributed by atoms with Crippen molar-refractivity contribution >= 4 is 11.9 Å². The monoisotopic (exact) mass is 438 g/mol. The minimum absolute atomic E-state index is 0.145. The zero-order chi connectivity index (χ0) is 22.9. The van der Waals surface area contributed by atoms with Crippen LogP contribution in [0.3, 0.4) is 0 Å². The number of rotatable bonds is 16. The maximum absolute atomic E-state index is 13.0. The van der Waals surface area contributed by atoms with E-state index in [1.54, 1.807) is 0 Å². The molecule has 4 unspecified atom stereocenters. The van der Waals surface area contributed by atoms with Crippen LogP contribution in [0.15, 0.2) is 0 Å². The van der Waals surface area contributed by atoms with Crippen molar-refractivity contribution in [1.29, 1.82) is 0 Å². The normalized spacial score (nSPS) is 23.9. The molecule has 1 saturated carbocycles. The zero-order valence-corrected chi connectivity index (χ0v) is 21.0. The molecular weight excluding hydrogens is 388 g/mol. The van der Waals surface area contributed by atoms with Crippen LogP contribution in [0.5, 0.6) is 0 Å². The summed E-state index contributed by atoms with van der Waals surface area (Å²) in [6.45, 7) is 9.69. The van der Waals surface area contributed by atoms with Crippen molar-refractivity contribution in [3.8, 4) is 0 Å². The fourth-order valence-electron chi connectivity index (χ4n) is 4.78. The highest BCUT2D eigenvalue weighted by molar-refractivity contribution is 5.82. The fraction of sp³-hybridized carbons (Fsp3) is 0.926. The van der Waals surface area contributed by atoms with E-state index in [1.165, 1.54) is 51.4 Å². The Labute approximate surface area is 192 Å². The van der Waals surface area contributed by atoms with Crippen molar-refractivity contribution in [2.75, 3.05) is 13.2 Å². The van der Waals surface area contributed by atoms with Gasteiger partial charge in [-0.1, -0.05) is 105 Å². The molecule has 0 aliphatic heterocycles. The SMILES string of the molecule is CCCCCCCCOC(=O)C1CCCC(C)C(C)C1C(=O)OCCCCCCCC. The summed E-state index contributed by atoms with van der Waals surface area (Å²) in [7, 11) is 0. The van der Waals surface area contributed by atoms with Gasteiger partial charge < -0.3 is 9.47 Å². The Morgan fingerprint density at radius 3 is 1.71 bits per heavy atom. The van der Waals surface area contributed by atoms with Gasteiger partial charge in [0.1, 0.15) is 0 Å². The molecule has 0 aromatic carbocycles. The maximum atomic E-state index is 13.0. The second-order valence-electron chi connectivity index (χ2n) is 9.77. The molecule has 0 spiro atoms. The van der Waals surface area contributed by atoms with Crippen molar-refractivity contribution < 1.29 is 19.1 Å². The lowest BCUT2D eigenvalue weighted by atomic mass is 9.77. The fourth-order valence-corrected chi connectivity index (χ4v) is 4.78. The summed E-state index contributed by atoms with van der Waals surface area (Å²) in [4.78, 5) is 25.9. The summed E-state index contributed by atoms with van der Waals surface area (Å²) in [5, 5.41) is 0. The topological polar surface area (TPSA) is 52.6 Å². The first-order valence-electron chi connectivity index (χ1n) is 13.4. The quantitative estimate of drug-likeness (QED) is 0.142. The van der Waals surface area contributed by atoms with Crippen molar-refractivity contribution in [3.63, 3.8) is 0 Å². The average Bonchev–Trinajstić information content (AvgIpc) is 2.90. The van der Waals surface area contributed by atoms with Gasteiger partial charge in [-0.05, 0) is 31.1 Å². The lowest BCUT2D eigenvalue weighted by Gasteiger charge is -2.29. The van der Waals surface area contributed by atoms with Crippen LogP contribution < -0.4 is 0 Å². The Kier molecular flexibility index (Phi) is 15.8. The van der Waals surface area contributed by atoms with Crippen molar-refractivity contribution in [3.05, 3.63) is 0 Å². The number of ether oxygens (including phenoxy) is 2. The lowest BCUT2D eigenvalue weighted by molar-refractivity contribution is -0.163.